The van der Waals surface area contributed by atoms with Crippen molar-refractivity contribution in [2.45, 2.75) is 39.5 Å². The third kappa shape index (κ3) is 2.42. The van der Waals surface area contributed by atoms with Gasteiger partial charge in [-0.15, -0.1) is 0 Å². The van der Waals surface area contributed by atoms with E-state index in [0.717, 1.165) is 29.0 Å². The molecular formula is C16H21N3O. The topological polar surface area (TPSA) is 57.8 Å². The number of benzene rings is 1. The van der Waals surface area contributed by atoms with Gasteiger partial charge in [0.15, 0.2) is 0 Å². The number of H-pyrrole nitrogens is 1. The lowest BCUT2D eigenvalue weighted by molar-refractivity contribution is -0.117. The van der Waals surface area contributed by atoms with Crippen LogP contribution < -0.4 is 5.32 Å². The third-order valence-electron chi connectivity index (χ3n) is 3.91. The summed E-state index contributed by atoms with van der Waals surface area (Å²) in [6.07, 6.45) is 1.01. The SMILES string of the molecule is C[C@H]1C[C@H]1C(=O)Nc1ccc2nc(C(C)(C)C)[nH]c2c1. The number of carbonyl (C=O) groups excluding carboxylic acids is 1. The highest BCUT2D eigenvalue weighted by Crippen LogP contribution is 2.38. The van der Waals surface area contributed by atoms with E-state index in [-0.39, 0.29) is 17.2 Å². The fourth-order valence-electron chi connectivity index (χ4n) is 2.36. The maximum atomic E-state index is 11.9. The Morgan fingerprint density at radius 3 is 2.70 bits per heavy atom. The number of imidazole rings is 1. The first-order valence-electron chi connectivity index (χ1n) is 7.16. The summed E-state index contributed by atoms with van der Waals surface area (Å²) in [4.78, 5) is 19.9. The number of aromatic amines is 1. The van der Waals surface area contributed by atoms with E-state index in [2.05, 4.69) is 43.0 Å². The monoisotopic (exact) mass is 271 g/mol. The zero-order valence-corrected chi connectivity index (χ0v) is 12.4. The number of carbonyl (C=O) groups is 1. The molecule has 0 saturated heterocycles. The fraction of sp³-hybridized carbons (Fsp3) is 0.500. The van der Waals surface area contributed by atoms with E-state index in [1.165, 1.54) is 0 Å². The lowest BCUT2D eigenvalue weighted by atomic mass is 9.96. The molecule has 4 nitrogen and oxygen atoms in total. The van der Waals surface area contributed by atoms with Gasteiger partial charge in [-0.2, -0.15) is 0 Å². The molecule has 4 heteroatoms. The zero-order valence-electron chi connectivity index (χ0n) is 12.4. The fourth-order valence-corrected chi connectivity index (χ4v) is 2.36. The van der Waals surface area contributed by atoms with Crippen LogP contribution in [0.15, 0.2) is 18.2 Å². The van der Waals surface area contributed by atoms with Crippen molar-refractivity contribution < 1.29 is 4.79 Å². The first kappa shape index (κ1) is 13.2. The van der Waals surface area contributed by atoms with Gasteiger partial charge in [-0.1, -0.05) is 27.7 Å². The minimum Gasteiger partial charge on any atom is -0.341 e. The summed E-state index contributed by atoms with van der Waals surface area (Å²) in [5, 5.41) is 2.99. The molecule has 0 aliphatic heterocycles. The maximum absolute atomic E-state index is 11.9. The molecule has 1 fully saturated rings. The average Bonchev–Trinajstić information content (AvgIpc) is 2.92. The molecule has 1 aromatic carbocycles. The number of anilines is 1. The van der Waals surface area contributed by atoms with Crippen molar-refractivity contribution in [1.82, 2.24) is 9.97 Å². The van der Waals surface area contributed by atoms with Crippen LogP contribution in [0, 0.1) is 11.8 Å². The Morgan fingerprint density at radius 2 is 2.10 bits per heavy atom. The molecule has 3 rings (SSSR count). The standard InChI is InChI=1S/C16H21N3O/c1-9-7-11(9)14(20)17-10-5-6-12-13(8-10)19-15(18-12)16(2,3)4/h5-6,8-9,11H,7H2,1-4H3,(H,17,20)(H,18,19)/t9-,11+/m0/s1. The Kier molecular flexibility index (Phi) is 2.85. The van der Waals surface area contributed by atoms with Crippen molar-refractivity contribution in [3.05, 3.63) is 24.0 Å². The van der Waals surface area contributed by atoms with Crippen LogP contribution in [0.1, 0.15) is 39.9 Å². The van der Waals surface area contributed by atoms with Crippen LogP contribution in [-0.2, 0) is 10.2 Å². The van der Waals surface area contributed by atoms with E-state index in [4.69, 9.17) is 0 Å². The lowest BCUT2D eigenvalue weighted by Crippen LogP contribution is -2.14. The second-order valence-corrected chi connectivity index (χ2v) is 6.88. The van der Waals surface area contributed by atoms with Crippen molar-refractivity contribution in [1.29, 1.82) is 0 Å². The summed E-state index contributed by atoms with van der Waals surface area (Å²) < 4.78 is 0. The molecule has 2 aromatic rings. The van der Waals surface area contributed by atoms with Gasteiger partial charge < -0.3 is 10.3 Å². The number of hydrogen-bond acceptors (Lipinski definition) is 2. The van der Waals surface area contributed by atoms with Crippen LogP contribution in [0.3, 0.4) is 0 Å². The summed E-state index contributed by atoms with van der Waals surface area (Å²) in [7, 11) is 0. The van der Waals surface area contributed by atoms with Crippen LogP contribution in [0.4, 0.5) is 5.69 Å². The minimum atomic E-state index is -0.00806. The Balaban J connectivity index is 1.85. The van der Waals surface area contributed by atoms with Crippen LogP contribution in [0.5, 0.6) is 0 Å². The van der Waals surface area contributed by atoms with Gasteiger partial charge in [0.1, 0.15) is 5.82 Å². The number of hydrogen-bond donors (Lipinski definition) is 2. The minimum absolute atomic E-state index is 0.00806. The molecule has 2 N–H and O–H groups in total. The Labute approximate surface area is 119 Å². The van der Waals surface area contributed by atoms with Crippen LogP contribution >= 0.6 is 0 Å². The molecule has 1 amide bonds. The van der Waals surface area contributed by atoms with E-state index in [9.17, 15) is 4.79 Å². The largest absolute Gasteiger partial charge is 0.341 e. The number of nitrogens with zero attached hydrogens (tertiary/aromatic N) is 1. The molecular weight excluding hydrogens is 250 g/mol. The van der Waals surface area contributed by atoms with Crippen molar-refractivity contribution >= 4 is 22.6 Å². The molecule has 1 aromatic heterocycles. The molecule has 0 radical (unpaired) electrons. The van der Waals surface area contributed by atoms with Crippen molar-refractivity contribution in [3.8, 4) is 0 Å². The van der Waals surface area contributed by atoms with Gasteiger partial charge in [0.25, 0.3) is 0 Å². The smallest absolute Gasteiger partial charge is 0.227 e. The predicted octanol–water partition coefficient (Wildman–Crippen LogP) is 3.45. The molecule has 1 aliphatic carbocycles. The Morgan fingerprint density at radius 1 is 1.40 bits per heavy atom. The molecule has 0 spiro atoms. The lowest BCUT2D eigenvalue weighted by Gasteiger charge is -2.13. The van der Waals surface area contributed by atoms with Crippen LogP contribution in [0.2, 0.25) is 0 Å². The first-order chi connectivity index (χ1) is 9.34. The van der Waals surface area contributed by atoms with E-state index in [1.54, 1.807) is 0 Å². The number of fused-ring (bicyclic) bond motifs is 1. The zero-order chi connectivity index (χ0) is 14.5. The Hall–Kier alpha value is -1.84. The quantitative estimate of drug-likeness (QED) is 0.878. The van der Waals surface area contributed by atoms with E-state index >= 15 is 0 Å². The predicted molar refractivity (Wildman–Crippen MR) is 80.7 cm³/mol. The molecule has 2 atom stereocenters. The molecule has 106 valence electrons. The molecule has 1 aliphatic rings. The van der Waals surface area contributed by atoms with Gasteiger partial charge in [-0.05, 0) is 30.5 Å². The number of aromatic nitrogens is 2. The van der Waals surface area contributed by atoms with Gasteiger partial charge >= 0.3 is 0 Å². The van der Waals surface area contributed by atoms with Crippen molar-refractivity contribution in [2.24, 2.45) is 11.8 Å². The second kappa shape index (κ2) is 4.33. The number of nitrogens with one attached hydrogen (secondary N) is 2. The number of rotatable bonds is 2. The Bertz CT molecular complexity index is 666. The molecule has 0 bridgehead atoms. The maximum Gasteiger partial charge on any atom is 0.227 e. The van der Waals surface area contributed by atoms with Gasteiger partial charge in [0, 0.05) is 17.0 Å². The number of amides is 1. The summed E-state index contributed by atoms with van der Waals surface area (Å²) in [6, 6.07) is 5.83. The van der Waals surface area contributed by atoms with Crippen molar-refractivity contribution in [3.63, 3.8) is 0 Å². The first-order valence-corrected chi connectivity index (χ1v) is 7.16. The highest BCUT2D eigenvalue weighted by molar-refractivity contribution is 5.96. The van der Waals surface area contributed by atoms with Crippen LogP contribution in [-0.4, -0.2) is 15.9 Å². The molecule has 1 saturated carbocycles. The van der Waals surface area contributed by atoms with Crippen LogP contribution in [0.25, 0.3) is 11.0 Å². The highest BCUT2D eigenvalue weighted by atomic mass is 16.2. The summed E-state index contributed by atoms with van der Waals surface area (Å²) in [5.41, 5.74) is 2.74. The van der Waals surface area contributed by atoms with Gasteiger partial charge in [-0.3, -0.25) is 4.79 Å². The average molecular weight is 271 g/mol. The molecule has 20 heavy (non-hydrogen) atoms. The van der Waals surface area contributed by atoms with Gasteiger partial charge in [0.05, 0.1) is 11.0 Å². The summed E-state index contributed by atoms with van der Waals surface area (Å²) >= 11 is 0. The van der Waals surface area contributed by atoms with E-state index in [0.29, 0.717) is 5.92 Å². The summed E-state index contributed by atoms with van der Waals surface area (Å²) in [6.45, 7) is 8.49. The molecule has 0 unspecified atom stereocenters. The van der Waals surface area contributed by atoms with E-state index in [1.807, 2.05) is 18.2 Å². The van der Waals surface area contributed by atoms with Crippen molar-refractivity contribution in [2.75, 3.05) is 5.32 Å². The molecule has 1 heterocycles. The third-order valence-corrected chi connectivity index (χ3v) is 3.91. The normalized spacial score (nSPS) is 22.0. The van der Waals surface area contributed by atoms with E-state index < -0.39 is 0 Å². The van der Waals surface area contributed by atoms with Gasteiger partial charge in [-0.25, -0.2) is 4.98 Å². The second-order valence-electron chi connectivity index (χ2n) is 6.88. The highest BCUT2D eigenvalue weighted by Gasteiger charge is 2.39. The van der Waals surface area contributed by atoms with Gasteiger partial charge in [0.2, 0.25) is 5.91 Å². The summed E-state index contributed by atoms with van der Waals surface area (Å²) in [5.74, 6) is 1.81.